The average molecular weight is 469 g/mol. The molecule has 1 saturated heterocycles. The minimum absolute atomic E-state index is 0.00131. The van der Waals surface area contributed by atoms with E-state index in [9.17, 15) is 9.59 Å². The summed E-state index contributed by atoms with van der Waals surface area (Å²) in [6, 6.07) is 8.11. The Balaban J connectivity index is 1.23. The largest absolute Gasteiger partial charge is 0.372 e. The number of fused-ring (bicyclic) bond motifs is 3. The van der Waals surface area contributed by atoms with E-state index in [0.717, 1.165) is 48.3 Å². The highest BCUT2D eigenvalue weighted by molar-refractivity contribution is 7.99. The Morgan fingerprint density at radius 2 is 1.84 bits per heavy atom. The van der Waals surface area contributed by atoms with Crippen molar-refractivity contribution in [1.29, 1.82) is 0 Å². The maximum absolute atomic E-state index is 12.9. The standard InChI is InChI=1S/C24H28N4O2S2/c1-27-23(30)21-18-7-6-8-19(18)32-22(21)26-24(27)31-15-20(29)25-16-9-11-17(12-10-16)28-13-4-2-3-5-14-28/h9-12H,2-8,13-15H2,1H3,(H,25,29). The van der Waals surface area contributed by atoms with Crippen molar-refractivity contribution in [1.82, 2.24) is 9.55 Å². The highest BCUT2D eigenvalue weighted by Crippen LogP contribution is 2.35. The normalized spacial score (nSPS) is 16.2. The molecule has 0 atom stereocenters. The lowest BCUT2D eigenvalue weighted by Gasteiger charge is -2.22. The summed E-state index contributed by atoms with van der Waals surface area (Å²) in [5.74, 6) is 0.116. The predicted molar refractivity (Wildman–Crippen MR) is 133 cm³/mol. The Bertz CT molecular complexity index is 1190. The van der Waals surface area contributed by atoms with Crippen LogP contribution in [0.1, 0.15) is 42.5 Å². The van der Waals surface area contributed by atoms with Crippen molar-refractivity contribution in [2.24, 2.45) is 7.05 Å². The molecule has 1 N–H and O–H groups in total. The molecule has 8 heteroatoms. The van der Waals surface area contributed by atoms with Crippen LogP contribution in [0.4, 0.5) is 11.4 Å². The molecule has 5 rings (SSSR count). The molecule has 3 heterocycles. The fourth-order valence-electron chi connectivity index (χ4n) is 4.65. The molecule has 1 aliphatic carbocycles. The van der Waals surface area contributed by atoms with Gasteiger partial charge in [-0.15, -0.1) is 11.3 Å². The Labute approximate surface area is 196 Å². The van der Waals surface area contributed by atoms with Crippen molar-refractivity contribution in [2.45, 2.75) is 50.1 Å². The lowest BCUT2D eigenvalue weighted by molar-refractivity contribution is -0.113. The van der Waals surface area contributed by atoms with E-state index in [2.05, 4.69) is 22.3 Å². The van der Waals surface area contributed by atoms with E-state index >= 15 is 0 Å². The minimum atomic E-state index is -0.0967. The van der Waals surface area contributed by atoms with Gasteiger partial charge in [0.05, 0.1) is 11.1 Å². The third kappa shape index (κ3) is 4.30. The second-order valence-electron chi connectivity index (χ2n) is 8.58. The lowest BCUT2D eigenvalue weighted by atomic mass is 10.2. The van der Waals surface area contributed by atoms with Crippen LogP contribution in [0.3, 0.4) is 0 Å². The van der Waals surface area contributed by atoms with Crippen LogP contribution in [-0.2, 0) is 24.7 Å². The van der Waals surface area contributed by atoms with Crippen LogP contribution in [0, 0.1) is 0 Å². The van der Waals surface area contributed by atoms with Crippen LogP contribution in [0.2, 0.25) is 0 Å². The van der Waals surface area contributed by atoms with Crippen LogP contribution in [-0.4, -0.2) is 34.3 Å². The maximum Gasteiger partial charge on any atom is 0.262 e. The number of nitrogens with one attached hydrogen (secondary N) is 1. The van der Waals surface area contributed by atoms with Gasteiger partial charge in [-0.2, -0.15) is 0 Å². The molecule has 0 saturated carbocycles. The van der Waals surface area contributed by atoms with Crippen LogP contribution >= 0.6 is 23.1 Å². The summed E-state index contributed by atoms with van der Waals surface area (Å²) in [5.41, 5.74) is 3.20. The summed E-state index contributed by atoms with van der Waals surface area (Å²) < 4.78 is 1.58. The summed E-state index contributed by atoms with van der Waals surface area (Å²) in [6.45, 7) is 2.21. The third-order valence-electron chi connectivity index (χ3n) is 6.36. The molecule has 168 valence electrons. The number of anilines is 2. The quantitative estimate of drug-likeness (QED) is 0.438. The topological polar surface area (TPSA) is 67.2 Å². The Hall–Kier alpha value is -2.32. The second kappa shape index (κ2) is 9.27. The summed E-state index contributed by atoms with van der Waals surface area (Å²) in [4.78, 5) is 34.7. The number of aromatic nitrogens is 2. The van der Waals surface area contributed by atoms with E-state index in [1.165, 1.54) is 53.6 Å². The number of carbonyl (C=O) groups excluding carboxylic acids is 1. The summed E-state index contributed by atoms with van der Waals surface area (Å²) >= 11 is 2.94. The number of carbonyl (C=O) groups is 1. The van der Waals surface area contributed by atoms with Crippen molar-refractivity contribution >= 4 is 50.6 Å². The Morgan fingerprint density at radius 1 is 1.09 bits per heavy atom. The first-order chi connectivity index (χ1) is 15.6. The molecule has 2 aromatic heterocycles. The number of thiophene rings is 1. The number of aryl methyl sites for hydroxylation is 2. The molecule has 6 nitrogen and oxygen atoms in total. The van der Waals surface area contributed by atoms with Gasteiger partial charge < -0.3 is 10.2 Å². The first kappa shape index (κ1) is 21.5. The van der Waals surface area contributed by atoms with Gasteiger partial charge in [0, 0.05) is 36.4 Å². The van der Waals surface area contributed by atoms with Crippen molar-refractivity contribution in [3.8, 4) is 0 Å². The van der Waals surface area contributed by atoms with E-state index in [-0.39, 0.29) is 17.2 Å². The summed E-state index contributed by atoms with van der Waals surface area (Å²) in [5, 5.41) is 4.34. The smallest absolute Gasteiger partial charge is 0.262 e. The molecule has 0 radical (unpaired) electrons. The summed E-state index contributed by atoms with van der Waals surface area (Å²) in [7, 11) is 1.75. The highest BCUT2D eigenvalue weighted by Gasteiger charge is 2.22. The molecule has 1 fully saturated rings. The zero-order valence-corrected chi connectivity index (χ0v) is 20.0. The number of nitrogens with zero attached hydrogens (tertiary/aromatic N) is 3. The van der Waals surface area contributed by atoms with Gasteiger partial charge in [-0.05, 0) is 61.9 Å². The van der Waals surface area contributed by atoms with Gasteiger partial charge in [0.1, 0.15) is 4.83 Å². The van der Waals surface area contributed by atoms with Crippen molar-refractivity contribution in [3.05, 3.63) is 45.1 Å². The SMILES string of the molecule is Cn1c(SCC(=O)Nc2ccc(N3CCCCCC3)cc2)nc2sc3c(c2c1=O)CCC3. The fraction of sp³-hybridized carbons (Fsp3) is 0.458. The molecule has 32 heavy (non-hydrogen) atoms. The molecule has 1 aliphatic heterocycles. The van der Waals surface area contributed by atoms with Crippen molar-refractivity contribution in [3.63, 3.8) is 0 Å². The van der Waals surface area contributed by atoms with Crippen LogP contribution in [0.25, 0.3) is 10.2 Å². The molecular formula is C24H28N4O2S2. The Kier molecular flexibility index (Phi) is 6.24. The van der Waals surface area contributed by atoms with Crippen LogP contribution < -0.4 is 15.8 Å². The number of rotatable bonds is 5. The van der Waals surface area contributed by atoms with Crippen molar-refractivity contribution in [2.75, 3.05) is 29.1 Å². The number of amides is 1. The van der Waals surface area contributed by atoms with Gasteiger partial charge in [-0.1, -0.05) is 24.6 Å². The van der Waals surface area contributed by atoms with Gasteiger partial charge >= 0.3 is 0 Å². The van der Waals surface area contributed by atoms with E-state index in [1.54, 1.807) is 23.0 Å². The monoisotopic (exact) mass is 468 g/mol. The predicted octanol–water partition coefficient (Wildman–Crippen LogP) is 4.59. The summed E-state index contributed by atoms with van der Waals surface area (Å²) in [6.07, 6.45) is 8.24. The van der Waals surface area contributed by atoms with E-state index in [0.29, 0.717) is 5.16 Å². The minimum Gasteiger partial charge on any atom is -0.372 e. The van der Waals surface area contributed by atoms with Gasteiger partial charge in [0.15, 0.2) is 5.16 Å². The second-order valence-corrected chi connectivity index (χ2v) is 10.6. The zero-order valence-electron chi connectivity index (χ0n) is 18.4. The highest BCUT2D eigenvalue weighted by atomic mass is 32.2. The Morgan fingerprint density at radius 3 is 2.59 bits per heavy atom. The maximum atomic E-state index is 12.9. The molecule has 0 unspecified atom stereocenters. The van der Waals surface area contributed by atoms with E-state index in [4.69, 9.17) is 4.98 Å². The molecule has 1 aromatic carbocycles. The van der Waals surface area contributed by atoms with E-state index < -0.39 is 0 Å². The third-order valence-corrected chi connectivity index (χ3v) is 8.58. The first-order valence-electron chi connectivity index (χ1n) is 11.4. The molecule has 2 aliphatic rings. The number of hydrogen-bond acceptors (Lipinski definition) is 6. The number of benzene rings is 1. The van der Waals surface area contributed by atoms with Crippen LogP contribution in [0.15, 0.2) is 34.2 Å². The van der Waals surface area contributed by atoms with Gasteiger partial charge in [-0.3, -0.25) is 14.2 Å². The molecular weight excluding hydrogens is 440 g/mol. The first-order valence-corrected chi connectivity index (χ1v) is 13.2. The molecule has 1 amide bonds. The van der Waals surface area contributed by atoms with Crippen LogP contribution in [0.5, 0.6) is 0 Å². The molecule has 0 spiro atoms. The molecule has 0 bridgehead atoms. The average Bonchev–Trinajstić information content (AvgIpc) is 3.26. The van der Waals surface area contributed by atoms with Gasteiger partial charge in [0.2, 0.25) is 5.91 Å². The lowest BCUT2D eigenvalue weighted by Crippen LogP contribution is -2.23. The van der Waals surface area contributed by atoms with Gasteiger partial charge in [0.25, 0.3) is 5.56 Å². The number of thioether (sulfide) groups is 1. The number of hydrogen-bond donors (Lipinski definition) is 1. The fourth-order valence-corrected chi connectivity index (χ4v) is 6.72. The van der Waals surface area contributed by atoms with E-state index in [1.807, 2.05) is 12.1 Å². The van der Waals surface area contributed by atoms with Crippen molar-refractivity contribution < 1.29 is 4.79 Å². The molecule has 3 aromatic rings. The zero-order chi connectivity index (χ0) is 22.1. The van der Waals surface area contributed by atoms with Gasteiger partial charge in [-0.25, -0.2) is 4.98 Å².